The molecule has 0 atom stereocenters. The fraction of sp³-hybridized carbons (Fsp3) is 0.636. The second-order valence-electron chi connectivity index (χ2n) is 3.73. The van der Waals surface area contributed by atoms with E-state index >= 15 is 0 Å². The first kappa shape index (κ1) is 14.6. The minimum Gasteiger partial charge on any atom is -0.394 e. The molecule has 0 aliphatic rings. The number of carbonyl (C=O) groups excluding carboxylic acids is 1. The molecule has 0 aliphatic heterocycles. The number of nitrogens with two attached hydrogens (primary N) is 1. The van der Waals surface area contributed by atoms with Crippen LogP contribution in [0.3, 0.4) is 0 Å². The molecule has 1 aromatic heterocycles. The first-order valence-electron chi connectivity index (χ1n) is 5.96. The van der Waals surface area contributed by atoms with E-state index in [0.29, 0.717) is 45.0 Å². The molecule has 1 amide bonds. The van der Waals surface area contributed by atoms with E-state index in [2.05, 4.69) is 10.3 Å². The van der Waals surface area contributed by atoms with Gasteiger partial charge in [-0.15, -0.1) is 0 Å². The Hall–Kier alpha value is -1.44. The van der Waals surface area contributed by atoms with Gasteiger partial charge in [0.2, 0.25) is 0 Å². The summed E-state index contributed by atoms with van der Waals surface area (Å²) in [6.07, 6.45) is 3.96. The highest BCUT2D eigenvalue weighted by Crippen LogP contribution is 1.95. The first-order chi connectivity index (χ1) is 8.77. The van der Waals surface area contributed by atoms with Crippen LogP contribution in [-0.4, -0.2) is 53.5 Å². The molecular formula is C11H20N4O3. The maximum absolute atomic E-state index is 11.7. The molecule has 1 heterocycles. The highest BCUT2D eigenvalue weighted by molar-refractivity contribution is 5.91. The molecule has 1 rings (SSSR count). The number of aromatic nitrogens is 2. The van der Waals surface area contributed by atoms with Crippen LogP contribution in [0.15, 0.2) is 12.5 Å². The molecule has 4 N–H and O–H groups in total. The molecule has 7 nitrogen and oxygen atoms in total. The third-order valence-corrected chi connectivity index (χ3v) is 2.24. The van der Waals surface area contributed by atoms with Gasteiger partial charge in [-0.3, -0.25) is 4.79 Å². The van der Waals surface area contributed by atoms with Gasteiger partial charge in [0, 0.05) is 32.4 Å². The highest BCUT2D eigenvalue weighted by atomic mass is 16.5. The van der Waals surface area contributed by atoms with E-state index in [1.54, 1.807) is 17.1 Å². The minimum atomic E-state index is -0.201. The van der Waals surface area contributed by atoms with Crippen molar-refractivity contribution < 1.29 is 14.6 Å². The van der Waals surface area contributed by atoms with Crippen LogP contribution in [0.5, 0.6) is 0 Å². The Morgan fingerprint density at radius 2 is 2.39 bits per heavy atom. The lowest BCUT2D eigenvalue weighted by Crippen LogP contribution is -2.25. The van der Waals surface area contributed by atoms with Gasteiger partial charge < -0.3 is 25.5 Å². The number of carbonyl (C=O) groups is 1. The van der Waals surface area contributed by atoms with Crippen molar-refractivity contribution in [3.63, 3.8) is 0 Å². The Balaban J connectivity index is 2.19. The van der Waals surface area contributed by atoms with Gasteiger partial charge in [0.05, 0.1) is 19.5 Å². The van der Waals surface area contributed by atoms with Gasteiger partial charge >= 0.3 is 0 Å². The Morgan fingerprint density at radius 1 is 1.56 bits per heavy atom. The summed E-state index contributed by atoms with van der Waals surface area (Å²) in [4.78, 5) is 15.6. The van der Waals surface area contributed by atoms with Crippen molar-refractivity contribution in [2.24, 2.45) is 5.73 Å². The summed E-state index contributed by atoms with van der Waals surface area (Å²) in [5.74, 6) is -0.201. The standard InChI is InChI=1S/C11H20N4O3/c12-2-4-15-8-10(14-9-15)11(17)13-3-1-6-18-7-5-16/h8-9,16H,1-7,12H2,(H,13,17). The van der Waals surface area contributed by atoms with E-state index in [0.717, 1.165) is 0 Å². The Labute approximate surface area is 106 Å². The van der Waals surface area contributed by atoms with Crippen LogP contribution in [0.1, 0.15) is 16.9 Å². The average molecular weight is 256 g/mol. The maximum Gasteiger partial charge on any atom is 0.271 e. The van der Waals surface area contributed by atoms with Crippen LogP contribution in [-0.2, 0) is 11.3 Å². The van der Waals surface area contributed by atoms with Crippen molar-refractivity contribution in [3.05, 3.63) is 18.2 Å². The van der Waals surface area contributed by atoms with E-state index in [9.17, 15) is 4.79 Å². The van der Waals surface area contributed by atoms with E-state index in [4.69, 9.17) is 15.6 Å². The van der Waals surface area contributed by atoms with Crippen molar-refractivity contribution in [3.8, 4) is 0 Å². The van der Waals surface area contributed by atoms with E-state index in [1.165, 1.54) is 0 Å². The van der Waals surface area contributed by atoms with Gasteiger partial charge in [-0.25, -0.2) is 4.98 Å². The van der Waals surface area contributed by atoms with Crippen molar-refractivity contribution in [2.45, 2.75) is 13.0 Å². The Bertz CT molecular complexity index is 354. The zero-order chi connectivity index (χ0) is 13.2. The summed E-state index contributed by atoms with van der Waals surface area (Å²) in [5, 5.41) is 11.2. The zero-order valence-electron chi connectivity index (χ0n) is 10.3. The molecule has 0 saturated carbocycles. The lowest BCUT2D eigenvalue weighted by molar-refractivity contribution is 0.0866. The van der Waals surface area contributed by atoms with Crippen LogP contribution in [0.4, 0.5) is 0 Å². The molecule has 7 heteroatoms. The second kappa shape index (κ2) is 8.62. The van der Waals surface area contributed by atoms with Gasteiger partial charge in [0.25, 0.3) is 5.91 Å². The number of rotatable bonds is 9. The topological polar surface area (TPSA) is 102 Å². The van der Waals surface area contributed by atoms with Crippen molar-refractivity contribution in [1.82, 2.24) is 14.9 Å². The van der Waals surface area contributed by atoms with Crippen molar-refractivity contribution >= 4 is 5.91 Å². The van der Waals surface area contributed by atoms with Crippen LogP contribution in [0.2, 0.25) is 0 Å². The van der Waals surface area contributed by atoms with Gasteiger partial charge in [-0.05, 0) is 6.42 Å². The van der Waals surface area contributed by atoms with E-state index in [-0.39, 0.29) is 12.5 Å². The van der Waals surface area contributed by atoms with Gasteiger partial charge in [-0.2, -0.15) is 0 Å². The van der Waals surface area contributed by atoms with Crippen LogP contribution in [0, 0.1) is 0 Å². The summed E-state index contributed by atoms with van der Waals surface area (Å²) in [6, 6.07) is 0. The molecule has 1 aromatic rings. The average Bonchev–Trinajstić information content (AvgIpc) is 2.82. The third-order valence-electron chi connectivity index (χ3n) is 2.24. The molecule has 0 aromatic carbocycles. The maximum atomic E-state index is 11.7. The van der Waals surface area contributed by atoms with Crippen molar-refractivity contribution in [2.75, 3.05) is 32.9 Å². The number of nitrogens with zero attached hydrogens (tertiary/aromatic N) is 2. The molecule has 0 aliphatic carbocycles. The molecule has 0 fully saturated rings. The van der Waals surface area contributed by atoms with Gasteiger partial charge in [-0.1, -0.05) is 0 Å². The van der Waals surface area contributed by atoms with Crippen LogP contribution in [0.25, 0.3) is 0 Å². The molecule has 18 heavy (non-hydrogen) atoms. The molecule has 0 unspecified atom stereocenters. The predicted octanol–water partition coefficient (Wildman–Crippen LogP) is -1.03. The number of imidazole rings is 1. The number of aliphatic hydroxyl groups is 1. The smallest absolute Gasteiger partial charge is 0.271 e. The molecule has 0 bridgehead atoms. The largest absolute Gasteiger partial charge is 0.394 e. The normalized spacial score (nSPS) is 10.6. The van der Waals surface area contributed by atoms with Crippen LogP contribution >= 0.6 is 0 Å². The quantitative estimate of drug-likeness (QED) is 0.490. The summed E-state index contributed by atoms with van der Waals surface area (Å²) in [5.41, 5.74) is 5.79. The zero-order valence-corrected chi connectivity index (χ0v) is 10.3. The van der Waals surface area contributed by atoms with E-state index < -0.39 is 0 Å². The molecular weight excluding hydrogens is 236 g/mol. The fourth-order valence-electron chi connectivity index (χ4n) is 1.38. The summed E-state index contributed by atoms with van der Waals surface area (Å²) in [6.45, 7) is 2.55. The summed E-state index contributed by atoms with van der Waals surface area (Å²) >= 11 is 0. The predicted molar refractivity (Wildman–Crippen MR) is 66.1 cm³/mol. The molecule has 0 radical (unpaired) electrons. The van der Waals surface area contributed by atoms with Crippen LogP contribution < -0.4 is 11.1 Å². The summed E-state index contributed by atoms with van der Waals surface area (Å²) < 4.78 is 6.85. The Morgan fingerprint density at radius 3 is 3.11 bits per heavy atom. The summed E-state index contributed by atoms with van der Waals surface area (Å²) in [7, 11) is 0. The Kier molecular flexibility index (Phi) is 7.00. The fourth-order valence-corrected chi connectivity index (χ4v) is 1.38. The molecule has 102 valence electrons. The number of hydrogen-bond donors (Lipinski definition) is 3. The molecule has 0 saturated heterocycles. The lowest BCUT2D eigenvalue weighted by Gasteiger charge is -2.03. The number of nitrogens with one attached hydrogen (secondary N) is 1. The number of ether oxygens (including phenoxy) is 1. The molecule has 0 spiro atoms. The monoisotopic (exact) mass is 256 g/mol. The second-order valence-corrected chi connectivity index (χ2v) is 3.73. The number of hydrogen-bond acceptors (Lipinski definition) is 5. The lowest BCUT2D eigenvalue weighted by atomic mass is 10.4. The minimum absolute atomic E-state index is 0.0188. The van der Waals surface area contributed by atoms with Crippen molar-refractivity contribution in [1.29, 1.82) is 0 Å². The van der Waals surface area contributed by atoms with E-state index in [1.807, 2.05) is 0 Å². The highest BCUT2D eigenvalue weighted by Gasteiger charge is 2.07. The third kappa shape index (κ3) is 5.26. The van der Waals surface area contributed by atoms with Gasteiger partial charge in [0.1, 0.15) is 5.69 Å². The van der Waals surface area contributed by atoms with Gasteiger partial charge in [0.15, 0.2) is 0 Å². The first-order valence-corrected chi connectivity index (χ1v) is 5.96. The number of amides is 1. The SMILES string of the molecule is NCCn1cnc(C(=O)NCCCOCCO)c1. The number of aliphatic hydroxyl groups excluding tert-OH is 1.